The van der Waals surface area contributed by atoms with E-state index in [-0.39, 0.29) is 17.4 Å². The zero-order valence-electron chi connectivity index (χ0n) is 12.3. The third kappa shape index (κ3) is 3.45. The molecule has 0 bridgehead atoms. The Labute approximate surface area is 122 Å². The number of carbonyl (C=O) groups is 1. The first-order valence-electron chi connectivity index (χ1n) is 6.87. The number of ether oxygens (including phenoxy) is 1. The largest absolute Gasteiger partial charge is 0.461 e. The van der Waals surface area contributed by atoms with Crippen LogP contribution in [-0.2, 0) is 11.3 Å². The van der Waals surface area contributed by atoms with Crippen LogP contribution in [0.4, 0.5) is 4.39 Å². The van der Waals surface area contributed by atoms with Crippen molar-refractivity contribution >= 4 is 5.97 Å². The standard InChI is InChI=1S/C15H18FN3O2/c1-4-21-15(20)13-14(10(2)3)19(18-17-13)9-11-5-7-12(16)8-6-11/h5-8,10H,4,9H2,1-3H3. The minimum absolute atomic E-state index is 0.0693. The summed E-state index contributed by atoms with van der Waals surface area (Å²) in [5.74, 6) is -0.681. The number of hydrogen-bond acceptors (Lipinski definition) is 4. The Morgan fingerprint density at radius 2 is 2.00 bits per heavy atom. The Morgan fingerprint density at radius 3 is 2.57 bits per heavy atom. The van der Waals surface area contributed by atoms with Crippen molar-refractivity contribution in [1.29, 1.82) is 0 Å². The molecule has 0 aliphatic heterocycles. The summed E-state index contributed by atoms with van der Waals surface area (Å²) in [5.41, 5.74) is 1.85. The quantitative estimate of drug-likeness (QED) is 0.795. The highest BCUT2D eigenvalue weighted by Crippen LogP contribution is 2.19. The lowest BCUT2D eigenvalue weighted by atomic mass is 10.1. The smallest absolute Gasteiger partial charge is 0.360 e. The van der Waals surface area contributed by atoms with Crippen molar-refractivity contribution < 1.29 is 13.9 Å². The summed E-state index contributed by atoms with van der Waals surface area (Å²) in [5, 5.41) is 7.96. The van der Waals surface area contributed by atoms with Gasteiger partial charge in [-0.1, -0.05) is 31.2 Å². The molecule has 0 atom stereocenters. The molecule has 0 N–H and O–H groups in total. The summed E-state index contributed by atoms with van der Waals surface area (Å²) < 4.78 is 19.6. The van der Waals surface area contributed by atoms with E-state index in [2.05, 4.69) is 10.3 Å². The van der Waals surface area contributed by atoms with Crippen molar-refractivity contribution in [2.75, 3.05) is 6.61 Å². The molecule has 21 heavy (non-hydrogen) atoms. The maximum absolute atomic E-state index is 12.9. The summed E-state index contributed by atoms with van der Waals surface area (Å²) in [4.78, 5) is 11.9. The first kappa shape index (κ1) is 15.2. The van der Waals surface area contributed by atoms with Crippen molar-refractivity contribution in [2.24, 2.45) is 0 Å². The van der Waals surface area contributed by atoms with Gasteiger partial charge in [0.15, 0.2) is 5.69 Å². The average Bonchev–Trinajstić information content (AvgIpc) is 2.85. The molecule has 0 aliphatic rings. The number of carbonyl (C=O) groups excluding carboxylic acids is 1. The average molecular weight is 291 g/mol. The molecule has 0 amide bonds. The third-order valence-corrected chi connectivity index (χ3v) is 3.03. The molecule has 0 aliphatic carbocycles. The molecule has 1 heterocycles. The summed E-state index contributed by atoms with van der Waals surface area (Å²) in [6.45, 7) is 6.39. The minimum atomic E-state index is -0.466. The molecule has 0 fully saturated rings. The normalized spacial score (nSPS) is 10.9. The van der Waals surface area contributed by atoms with Gasteiger partial charge in [-0.05, 0) is 30.5 Å². The Hall–Kier alpha value is -2.24. The van der Waals surface area contributed by atoms with E-state index in [0.29, 0.717) is 13.2 Å². The molecule has 2 rings (SSSR count). The second-order valence-corrected chi connectivity index (χ2v) is 4.98. The Bertz CT molecular complexity index is 620. The topological polar surface area (TPSA) is 57.0 Å². The monoisotopic (exact) mass is 291 g/mol. The van der Waals surface area contributed by atoms with Gasteiger partial charge < -0.3 is 4.74 Å². The highest BCUT2D eigenvalue weighted by Gasteiger charge is 2.23. The molecular formula is C15H18FN3O2. The molecule has 1 aromatic carbocycles. The SMILES string of the molecule is CCOC(=O)c1nnn(Cc2ccc(F)cc2)c1C(C)C. The first-order chi connectivity index (χ1) is 10.0. The molecule has 6 heteroatoms. The summed E-state index contributed by atoms with van der Waals surface area (Å²) >= 11 is 0. The fourth-order valence-electron chi connectivity index (χ4n) is 2.12. The van der Waals surface area contributed by atoms with E-state index in [1.54, 1.807) is 23.7 Å². The number of aromatic nitrogens is 3. The van der Waals surface area contributed by atoms with Crippen LogP contribution < -0.4 is 0 Å². The highest BCUT2D eigenvalue weighted by molar-refractivity contribution is 5.88. The predicted molar refractivity (Wildman–Crippen MR) is 75.6 cm³/mol. The Kier molecular flexibility index (Phi) is 4.67. The van der Waals surface area contributed by atoms with Crippen molar-refractivity contribution in [3.8, 4) is 0 Å². The van der Waals surface area contributed by atoms with Crippen molar-refractivity contribution in [2.45, 2.75) is 33.2 Å². The fraction of sp³-hybridized carbons (Fsp3) is 0.400. The van der Waals surface area contributed by atoms with Crippen molar-refractivity contribution in [3.63, 3.8) is 0 Å². The number of nitrogens with zero attached hydrogens (tertiary/aromatic N) is 3. The van der Waals surface area contributed by atoms with E-state index >= 15 is 0 Å². The van der Waals surface area contributed by atoms with Crippen LogP contribution in [-0.4, -0.2) is 27.6 Å². The third-order valence-electron chi connectivity index (χ3n) is 3.03. The summed E-state index contributed by atoms with van der Waals surface area (Å²) in [7, 11) is 0. The minimum Gasteiger partial charge on any atom is -0.461 e. The van der Waals surface area contributed by atoms with Crippen LogP contribution >= 0.6 is 0 Å². The van der Waals surface area contributed by atoms with Crippen LogP contribution in [0.2, 0.25) is 0 Å². The van der Waals surface area contributed by atoms with E-state index in [0.717, 1.165) is 11.3 Å². The number of benzene rings is 1. The van der Waals surface area contributed by atoms with E-state index in [9.17, 15) is 9.18 Å². The van der Waals surface area contributed by atoms with Gasteiger partial charge in [0.05, 0.1) is 18.8 Å². The van der Waals surface area contributed by atoms with E-state index < -0.39 is 5.97 Å². The molecule has 0 unspecified atom stereocenters. The maximum Gasteiger partial charge on any atom is 0.360 e. The molecule has 1 aromatic heterocycles. The number of rotatable bonds is 5. The van der Waals surface area contributed by atoms with Gasteiger partial charge in [-0.3, -0.25) is 0 Å². The number of hydrogen-bond donors (Lipinski definition) is 0. The van der Waals surface area contributed by atoms with E-state index in [1.807, 2.05) is 13.8 Å². The summed E-state index contributed by atoms with van der Waals surface area (Å²) in [6.07, 6.45) is 0. The fourth-order valence-corrected chi connectivity index (χ4v) is 2.12. The van der Waals surface area contributed by atoms with Crippen LogP contribution in [0.5, 0.6) is 0 Å². The molecular weight excluding hydrogens is 273 g/mol. The van der Waals surface area contributed by atoms with Crippen LogP contribution in [0.1, 0.15) is 48.4 Å². The van der Waals surface area contributed by atoms with Gasteiger partial charge in [-0.2, -0.15) is 0 Å². The molecule has 0 saturated carbocycles. The number of esters is 1. The van der Waals surface area contributed by atoms with Gasteiger partial charge in [0, 0.05) is 0 Å². The maximum atomic E-state index is 12.9. The molecule has 0 spiro atoms. The van der Waals surface area contributed by atoms with Gasteiger partial charge >= 0.3 is 5.97 Å². The highest BCUT2D eigenvalue weighted by atomic mass is 19.1. The van der Waals surface area contributed by atoms with Gasteiger partial charge in [-0.25, -0.2) is 13.9 Å². The lowest BCUT2D eigenvalue weighted by Gasteiger charge is -2.10. The zero-order chi connectivity index (χ0) is 15.4. The second kappa shape index (κ2) is 6.47. The number of halogens is 1. The second-order valence-electron chi connectivity index (χ2n) is 4.98. The van der Waals surface area contributed by atoms with E-state index in [1.165, 1.54) is 12.1 Å². The lowest BCUT2D eigenvalue weighted by molar-refractivity contribution is 0.0517. The molecule has 0 radical (unpaired) electrons. The molecule has 5 nitrogen and oxygen atoms in total. The Morgan fingerprint density at radius 1 is 1.33 bits per heavy atom. The van der Waals surface area contributed by atoms with E-state index in [4.69, 9.17) is 4.74 Å². The van der Waals surface area contributed by atoms with Crippen LogP contribution in [0.3, 0.4) is 0 Å². The van der Waals surface area contributed by atoms with Crippen molar-refractivity contribution in [3.05, 3.63) is 47.0 Å². The first-order valence-corrected chi connectivity index (χ1v) is 6.87. The van der Waals surface area contributed by atoms with Crippen molar-refractivity contribution in [1.82, 2.24) is 15.0 Å². The molecule has 112 valence electrons. The van der Waals surface area contributed by atoms with Gasteiger partial charge in [0.1, 0.15) is 5.82 Å². The van der Waals surface area contributed by atoms with Gasteiger partial charge in [-0.15, -0.1) is 5.10 Å². The molecule has 0 saturated heterocycles. The Balaban J connectivity index is 2.31. The summed E-state index contributed by atoms with van der Waals surface area (Å²) in [6, 6.07) is 6.16. The lowest BCUT2D eigenvalue weighted by Crippen LogP contribution is -2.13. The molecule has 2 aromatic rings. The van der Waals surface area contributed by atoms with Gasteiger partial charge in [0.2, 0.25) is 0 Å². The van der Waals surface area contributed by atoms with Gasteiger partial charge in [0.25, 0.3) is 0 Å². The van der Waals surface area contributed by atoms with Crippen LogP contribution in [0.15, 0.2) is 24.3 Å². The predicted octanol–water partition coefficient (Wildman–Crippen LogP) is 2.77. The zero-order valence-corrected chi connectivity index (χ0v) is 12.3. The van der Waals surface area contributed by atoms with Crippen LogP contribution in [0.25, 0.3) is 0 Å². The van der Waals surface area contributed by atoms with Crippen LogP contribution in [0, 0.1) is 5.82 Å².